The normalized spacial score (nSPS) is 12.4. The minimum atomic E-state index is -4.51. The SMILES string of the molecule is O=S(=O)(Nc1nncs1)c1ccc(C(F)(F)F)cc1. The molecule has 19 heavy (non-hydrogen) atoms. The summed E-state index contributed by atoms with van der Waals surface area (Å²) in [5, 5.41) is 6.96. The summed E-state index contributed by atoms with van der Waals surface area (Å²) in [7, 11) is -3.95. The summed E-state index contributed by atoms with van der Waals surface area (Å²) in [6.07, 6.45) is -4.51. The number of anilines is 1. The summed E-state index contributed by atoms with van der Waals surface area (Å²) >= 11 is 0.959. The Morgan fingerprint density at radius 2 is 1.79 bits per heavy atom. The van der Waals surface area contributed by atoms with Crippen molar-refractivity contribution in [2.75, 3.05) is 4.72 Å². The van der Waals surface area contributed by atoms with Crippen LogP contribution >= 0.6 is 11.3 Å². The number of hydrogen-bond acceptors (Lipinski definition) is 5. The Bertz CT molecular complexity index is 651. The molecule has 1 aromatic heterocycles. The smallest absolute Gasteiger partial charge is 0.253 e. The van der Waals surface area contributed by atoms with Crippen molar-refractivity contribution in [2.24, 2.45) is 0 Å². The van der Waals surface area contributed by atoms with Crippen molar-refractivity contribution in [1.82, 2.24) is 10.2 Å². The van der Waals surface area contributed by atoms with Crippen LogP contribution in [0.4, 0.5) is 18.3 Å². The minimum Gasteiger partial charge on any atom is -0.253 e. The molecule has 1 N–H and O–H groups in total. The largest absolute Gasteiger partial charge is 0.416 e. The molecule has 2 aromatic rings. The lowest BCUT2D eigenvalue weighted by Gasteiger charge is -2.08. The number of halogens is 3. The number of hydrogen-bond donors (Lipinski definition) is 1. The van der Waals surface area contributed by atoms with E-state index in [1.165, 1.54) is 5.51 Å². The fourth-order valence-electron chi connectivity index (χ4n) is 1.21. The van der Waals surface area contributed by atoms with Crippen LogP contribution in [0.1, 0.15) is 5.56 Å². The molecule has 0 radical (unpaired) electrons. The van der Waals surface area contributed by atoms with Gasteiger partial charge < -0.3 is 0 Å². The van der Waals surface area contributed by atoms with E-state index in [1.807, 2.05) is 0 Å². The lowest BCUT2D eigenvalue weighted by atomic mass is 10.2. The van der Waals surface area contributed by atoms with Crippen LogP contribution in [-0.4, -0.2) is 18.6 Å². The lowest BCUT2D eigenvalue weighted by Crippen LogP contribution is -2.13. The predicted octanol–water partition coefficient (Wildman–Crippen LogP) is 2.36. The highest BCUT2D eigenvalue weighted by molar-refractivity contribution is 7.93. The monoisotopic (exact) mass is 309 g/mol. The zero-order valence-corrected chi connectivity index (χ0v) is 10.7. The third-order valence-corrected chi connectivity index (χ3v) is 4.16. The molecule has 1 aromatic carbocycles. The average molecular weight is 309 g/mol. The van der Waals surface area contributed by atoms with E-state index in [1.54, 1.807) is 0 Å². The molecule has 2 rings (SSSR count). The quantitative estimate of drug-likeness (QED) is 0.944. The number of benzene rings is 1. The van der Waals surface area contributed by atoms with Crippen molar-refractivity contribution >= 4 is 26.5 Å². The molecule has 5 nitrogen and oxygen atoms in total. The molecule has 0 saturated carbocycles. The van der Waals surface area contributed by atoms with Crippen LogP contribution < -0.4 is 4.72 Å². The topological polar surface area (TPSA) is 72.0 Å². The molecule has 0 bridgehead atoms. The van der Waals surface area contributed by atoms with E-state index >= 15 is 0 Å². The van der Waals surface area contributed by atoms with E-state index in [-0.39, 0.29) is 10.0 Å². The van der Waals surface area contributed by atoms with Gasteiger partial charge in [-0.15, -0.1) is 10.2 Å². The van der Waals surface area contributed by atoms with Gasteiger partial charge in [0.25, 0.3) is 10.0 Å². The first-order valence-electron chi connectivity index (χ1n) is 4.75. The molecule has 0 aliphatic carbocycles. The van der Waals surface area contributed by atoms with Gasteiger partial charge in [0, 0.05) is 0 Å². The van der Waals surface area contributed by atoms with E-state index in [9.17, 15) is 21.6 Å². The fraction of sp³-hybridized carbons (Fsp3) is 0.111. The van der Waals surface area contributed by atoms with Crippen molar-refractivity contribution in [2.45, 2.75) is 11.1 Å². The Morgan fingerprint density at radius 3 is 2.26 bits per heavy atom. The maximum absolute atomic E-state index is 12.3. The minimum absolute atomic E-state index is 0.0416. The summed E-state index contributed by atoms with van der Waals surface area (Å²) in [6.45, 7) is 0. The van der Waals surface area contributed by atoms with Gasteiger partial charge >= 0.3 is 6.18 Å². The van der Waals surface area contributed by atoms with Crippen LogP contribution in [0, 0.1) is 0 Å². The Balaban J connectivity index is 2.27. The van der Waals surface area contributed by atoms with Gasteiger partial charge in [-0.2, -0.15) is 13.2 Å². The summed E-state index contributed by atoms with van der Waals surface area (Å²) in [4.78, 5) is -0.282. The van der Waals surface area contributed by atoms with E-state index in [0.29, 0.717) is 12.1 Å². The van der Waals surface area contributed by atoms with Gasteiger partial charge in [-0.05, 0) is 24.3 Å². The number of nitrogens with zero attached hydrogens (tertiary/aromatic N) is 2. The predicted molar refractivity (Wildman–Crippen MR) is 62.2 cm³/mol. The van der Waals surface area contributed by atoms with Gasteiger partial charge in [-0.3, -0.25) is 4.72 Å². The first-order chi connectivity index (χ1) is 8.79. The highest BCUT2D eigenvalue weighted by Crippen LogP contribution is 2.30. The maximum Gasteiger partial charge on any atom is 0.416 e. The highest BCUT2D eigenvalue weighted by Gasteiger charge is 2.30. The summed E-state index contributed by atoms with van der Waals surface area (Å²) in [5.41, 5.74) is 0.410. The lowest BCUT2D eigenvalue weighted by molar-refractivity contribution is -0.137. The molecule has 0 aliphatic heterocycles. The number of aromatic nitrogens is 2. The Kier molecular flexibility index (Phi) is 3.45. The maximum atomic E-state index is 12.3. The molecule has 0 aliphatic rings. The second kappa shape index (κ2) is 4.78. The van der Waals surface area contributed by atoms with E-state index in [0.717, 1.165) is 23.5 Å². The van der Waals surface area contributed by atoms with Crippen molar-refractivity contribution in [3.8, 4) is 0 Å². The summed E-state index contributed by atoms with van der Waals surface area (Å²) in [6, 6.07) is 3.17. The van der Waals surface area contributed by atoms with Crippen LogP contribution in [0.25, 0.3) is 0 Å². The molecule has 0 unspecified atom stereocenters. The van der Waals surface area contributed by atoms with Crippen LogP contribution in [0.5, 0.6) is 0 Å². The van der Waals surface area contributed by atoms with Crippen molar-refractivity contribution in [1.29, 1.82) is 0 Å². The molecule has 0 fully saturated rings. The molecule has 0 amide bonds. The number of nitrogens with one attached hydrogen (secondary N) is 1. The molecular formula is C9H6F3N3O2S2. The number of rotatable bonds is 3. The molecule has 1 heterocycles. The summed E-state index contributed by atoms with van der Waals surface area (Å²) in [5.74, 6) is 0. The van der Waals surface area contributed by atoms with Gasteiger partial charge in [0.15, 0.2) is 0 Å². The van der Waals surface area contributed by atoms with Crippen molar-refractivity contribution in [3.63, 3.8) is 0 Å². The van der Waals surface area contributed by atoms with Crippen LogP contribution in [0.3, 0.4) is 0 Å². The van der Waals surface area contributed by atoms with Gasteiger partial charge in [0.05, 0.1) is 10.5 Å². The first kappa shape index (κ1) is 13.7. The van der Waals surface area contributed by atoms with Crippen LogP contribution in [-0.2, 0) is 16.2 Å². The Labute approximate surface area is 110 Å². The molecule has 10 heteroatoms. The van der Waals surface area contributed by atoms with Crippen LogP contribution in [0.15, 0.2) is 34.7 Å². The standard InChI is InChI=1S/C9H6F3N3O2S2/c10-9(11,12)6-1-3-7(4-2-6)19(16,17)15-8-14-13-5-18-8/h1-5H,(H,14,15). The van der Waals surface area contributed by atoms with Gasteiger partial charge in [-0.25, -0.2) is 8.42 Å². The molecule has 0 atom stereocenters. The second-order valence-corrected chi connectivity index (χ2v) is 5.89. The van der Waals surface area contributed by atoms with Gasteiger partial charge in [0.2, 0.25) is 5.13 Å². The first-order valence-corrected chi connectivity index (χ1v) is 7.11. The van der Waals surface area contributed by atoms with Crippen molar-refractivity contribution < 1.29 is 21.6 Å². The van der Waals surface area contributed by atoms with Crippen LogP contribution in [0.2, 0.25) is 0 Å². The third-order valence-electron chi connectivity index (χ3n) is 2.07. The third kappa shape index (κ3) is 3.20. The zero-order chi connectivity index (χ0) is 14.1. The number of alkyl halides is 3. The Hall–Kier alpha value is -1.68. The van der Waals surface area contributed by atoms with E-state index < -0.39 is 21.8 Å². The molecule has 0 saturated heterocycles. The van der Waals surface area contributed by atoms with E-state index in [2.05, 4.69) is 14.9 Å². The molecule has 0 spiro atoms. The zero-order valence-electron chi connectivity index (χ0n) is 9.05. The Morgan fingerprint density at radius 1 is 1.16 bits per heavy atom. The van der Waals surface area contributed by atoms with E-state index in [4.69, 9.17) is 0 Å². The van der Waals surface area contributed by atoms with Gasteiger partial charge in [0.1, 0.15) is 5.51 Å². The second-order valence-electron chi connectivity index (χ2n) is 3.37. The average Bonchev–Trinajstić information content (AvgIpc) is 2.80. The highest BCUT2D eigenvalue weighted by atomic mass is 32.2. The fourth-order valence-corrected chi connectivity index (χ4v) is 2.91. The summed E-state index contributed by atoms with van der Waals surface area (Å²) < 4.78 is 62.7. The molecular weight excluding hydrogens is 303 g/mol. The van der Waals surface area contributed by atoms with Gasteiger partial charge in [-0.1, -0.05) is 11.3 Å². The number of sulfonamides is 1. The van der Waals surface area contributed by atoms with Crippen molar-refractivity contribution in [3.05, 3.63) is 35.3 Å². The molecule has 102 valence electrons.